The van der Waals surface area contributed by atoms with E-state index in [-0.39, 0.29) is 12.3 Å². The summed E-state index contributed by atoms with van der Waals surface area (Å²) in [7, 11) is 1.58. The Morgan fingerprint density at radius 2 is 2.00 bits per heavy atom. The zero-order valence-corrected chi connectivity index (χ0v) is 18.4. The van der Waals surface area contributed by atoms with Gasteiger partial charge in [0, 0.05) is 11.1 Å². The molecule has 3 heterocycles. The van der Waals surface area contributed by atoms with Crippen molar-refractivity contribution in [2.24, 2.45) is 0 Å². The van der Waals surface area contributed by atoms with Crippen LogP contribution in [0.5, 0.6) is 5.75 Å². The van der Waals surface area contributed by atoms with Gasteiger partial charge in [0.1, 0.15) is 11.3 Å². The number of amides is 1. The summed E-state index contributed by atoms with van der Waals surface area (Å²) in [4.78, 5) is 24.8. The SMILES string of the molecule is COc1ccc(Cl)c2sc(N(Cc3ccccn3)C(=O)Cc3ccc(Cl)s3)nc12. The molecule has 0 saturated carbocycles. The highest BCUT2D eigenvalue weighted by Gasteiger charge is 2.23. The Hall–Kier alpha value is -2.19. The molecule has 4 aromatic rings. The zero-order chi connectivity index (χ0) is 20.4. The van der Waals surface area contributed by atoms with E-state index in [0.717, 1.165) is 15.3 Å². The summed E-state index contributed by atoms with van der Waals surface area (Å²) in [6.45, 7) is 0.304. The minimum atomic E-state index is -0.0942. The number of nitrogens with zero attached hydrogens (tertiary/aromatic N) is 3. The summed E-state index contributed by atoms with van der Waals surface area (Å²) >= 11 is 15.1. The van der Waals surface area contributed by atoms with Gasteiger partial charge in [-0.2, -0.15) is 0 Å². The first-order valence-corrected chi connectivity index (χ1v) is 11.0. The van der Waals surface area contributed by atoms with E-state index in [1.54, 1.807) is 36.4 Å². The third kappa shape index (κ3) is 4.38. The van der Waals surface area contributed by atoms with Crippen molar-refractivity contribution in [3.8, 4) is 5.75 Å². The van der Waals surface area contributed by atoms with Gasteiger partial charge in [0.15, 0.2) is 5.13 Å². The standard InChI is InChI=1S/C20H15Cl2N3O2S2/c1-27-15-7-6-14(21)19-18(15)24-20(29-19)25(11-12-4-2-3-9-23-12)17(26)10-13-5-8-16(22)28-13/h2-9H,10-11H2,1H3. The molecule has 0 unspecified atom stereocenters. The average Bonchev–Trinajstić information content (AvgIpc) is 3.34. The molecular weight excluding hydrogens is 449 g/mol. The highest BCUT2D eigenvalue weighted by molar-refractivity contribution is 7.23. The molecular formula is C20H15Cl2N3O2S2. The molecule has 0 bridgehead atoms. The van der Waals surface area contributed by atoms with Crippen LogP contribution in [0.1, 0.15) is 10.6 Å². The largest absolute Gasteiger partial charge is 0.494 e. The van der Waals surface area contributed by atoms with Crippen LogP contribution in [-0.2, 0) is 17.8 Å². The summed E-state index contributed by atoms with van der Waals surface area (Å²) in [5.74, 6) is 0.519. The number of hydrogen-bond donors (Lipinski definition) is 0. The van der Waals surface area contributed by atoms with Crippen LogP contribution in [0.4, 0.5) is 5.13 Å². The highest BCUT2D eigenvalue weighted by Crippen LogP contribution is 2.39. The maximum atomic E-state index is 13.2. The van der Waals surface area contributed by atoms with Crippen LogP contribution in [-0.4, -0.2) is 23.0 Å². The predicted octanol–water partition coefficient (Wildman–Crippen LogP) is 5.84. The lowest BCUT2D eigenvalue weighted by molar-refractivity contribution is -0.118. The van der Waals surface area contributed by atoms with Gasteiger partial charge in [0.25, 0.3) is 0 Å². The Morgan fingerprint density at radius 3 is 2.69 bits per heavy atom. The molecule has 0 aliphatic carbocycles. The van der Waals surface area contributed by atoms with Crippen LogP contribution in [0.3, 0.4) is 0 Å². The van der Waals surface area contributed by atoms with E-state index >= 15 is 0 Å². The van der Waals surface area contributed by atoms with Gasteiger partial charge in [0.05, 0.1) is 39.8 Å². The number of methoxy groups -OCH3 is 1. The number of thiazole rings is 1. The average molecular weight is 464 g/mol. The van der Waals surface area contributed by atoms with Crippen LogP contribution in [0.2, 0.25) is 9.36 Å². The molecule has 0 atom stereocenters. The first kappa shape index (κ1) is 20.1. The second-order valence-corrected chi connectivity index (χ2v) is 9.29. The van der Waals surface area contributed by atoms with E-state index in [4.69, 9.17) is 27.9 Å². The minimum Gasteiger partial charge on any atom is -0.494 e. The zero-order valence-electron chi connectivity index (χ0n) is 15.3. The third-order valence-electron chi connectivity index (χ3n) is 4.20. The van der Waals surface area contributed by atoms with Crippen molar-refractivity contribution in [3.05, 3.63) is 68.6 Å². The van der Waals surface area contributed by atoms with Gasteiger partial charge in [-0.1, -0.05) is 40.6 Å². The number of rotatable bonds is 6. The van der Waals surface area contributed by atoms with Gasteiger partial charge in [0.2, 0.25) is 5.91 Å². The Labute approximate surface area is 185 Å². The molecule has 0 fully saturated rings. The molecule has 0 aliphatic rings. The fourth-order valence-electron chi connectivity index (χ4n) is 2.83. The van der Waals surface area contributed by atoms with Crippen molar-refractivity contribution in [1.29, 1.82) is 0 Å². The first-order chi connectivity index (χ1) is 14.0. The van der Waals surface area contributed by atoms with Gasteiger partial charge in [-0.15, -0.1) is 11.3 Å². The quantitative estimate of drug-likeness (QED) is 0.360. The number of pyridine rings is 1. The number of aromatic nitrogens is 2. The molecule has 3 aromatic heterocycles. The molecule has 0 saturated heterocycles. The lowest BCUT2D eigenvalue weighted by atomic mass is 10.3. The Balaban J connectivity index is 1.74. The Kier molecular flexibility index (Phi) is 6.01. The lowest BCUT2D eigenvalue weighted by Crippen LogP contribution is -2.31. The Morgan fingerprint density at radius 1 is 1.14 bits per heavy atom. The highest BCUT2D eigenvalue weighted by atomic mass is 35.5. The summed E-state index contributed by atoms with van der Waals surface area (Å²) in [6, 6.07) is 12.8. The van der Waals surface area contributed by atoms with Gasteiger partial charge in [-0.3, -0.25) is 14.7 Å². The van der Waals surface area contributed by atoms with Crippen molar-refractivity contribution in [1.82, 2.24) is 9.97 Å². The molecule has 0 N–H and O–H groups in total. The van der Waals surface area contributed by atoms with E-state index in [9.17, 15) is 4.79 Å². The summed E-state index contributed by atoms with van der Waals surface area (Å²) in [5.41, 5.74) is 1.40. The van der Waals surface area contributed by atoms with Crippen molar-refractivity contribution < 1.29 is 9.53 Å². The summed E-state index contributed by atoms with van der Waals surface area (Å²) < 4.78 is 6.84. The van der Waals surface area contributed by atoms with Crippen molar-refractivity contribution >= 4 is 67.1 Å². The Bertz CT molecular complexity index is 1160. The number of ether oxygens (including phenoxy) is 1. The molecule has 5 nitrogen and oxygen atoms in total. The van der Waals surface area contributed by atoms with E-state index in [0.29, 0.717) is 32.3 Å². The number of thiophene rings is 1. The number of benzene rings is 1. The smallest absolute Gasteiger partial charge is 0.234 e. The topological polar surface area (TPSA) is 55.3 Å². The van der Waals surface area contributed by atoms with Crippen LogP contribution in [0.15, 0.2) is 48.7 Å². The predicted molar refractivity (Wildman–Crippen MR) is 120 cm³/mol. The van der Waals surface area contributed by atoms with E-state index in [2.05, 4.69) is 9.97 Å². The van der Waals surface area contributed by atoms with E-state index < -0.39 is 0 Å². The normalized spacial score (nSPS) is 11.0. The molecule has 29 heavy (non-hydrogen) atoms. The van der Waals surface area contributed by atoms with Crippen LogP contribution in [0.25, 0.3) is 10.2 Å². The number of carbonyl (C=O) groups is 1. The summed E-state index contributed by atoms with van der Waals surface area (Å²) in [6.07, 6.45) is 1.93. The van der Waals surface area contributed by atoms with Gasteiger partial charge >= 0.3 is 0 Å². The second-order valence-electron chi connectivity index (χ2n) is 6.11. The lowest BCUT2D eigenvalue weighted by Gasteiger charge is -2.19. The molecule has 9 heteroatoms. The number of fused-ring (bicyclic) bond motifs is 1. The van der Waals surface area contributed by atoms with E-state index in [1.165, 1.54) is 22.7 Å². The molecule has 1 amide bonds. The van der Waals surface area contributed by atoms with E-state index in [1.807, 2.05) is 24.3 Å². The van der Waals surface area contributed by atoms with Crippen molar-refractivity contribution in [2.75, 3.05) is 12.0 Å². The molecule has 1 aromatic carbocycles. The van der Waals surface area contributed by atoms with Crippen LogP contribution >= 0.6 is 45.9 Å². The van der Waals surface area contributed by atoms with Crippen LogP contribution in [0, 0.1) is 0 Å². The minimum absolute atomic E-state index is 0.0942. The monoisotopic (exact) mass is 463 g/mol. The number of anilines is 1. The second kappa shape index (κ2) is 8.67. The van der Waals surface area contributed by atoms with Crippen LogP contribution < -0.4 is 9.64 Å². The van der Waals surface area contributed by atoms with Gasteiger partial charge < -0.3 is 4.74 Å². The maximum absolute atomic E-state index is 13.2. The van der Waals surface area contributed by atoms with Gasteiger partial charge in [-0.25, -0.2) is 4.98 Å². The van der Waals surface area contributed by atoms with Crippen molar-refractivity contribution in [2.45, 2.75) is 13.0 Å². The first-order valence-electron chi connectivity index (χ1n) is 8.62. The molecule has 4 rings (SSSR count). The van der Waals surface area contributed by atoms with Crippen molar-refractivity contribution in [3.63, 3.8) is 0 Å². The number of carbonyl (C=O) groups excluding carboxylic acids is 1. The summed E-state index contributed by atoms with van der Waals surface area (Å²) in [5, 5.41) is 1.12. The third-order valence-corrected chi connectivity index (χ3v) is 6.97. The number of halogens is 2. The molecule has 0 spiro atoms. The molecule has 148 valence electrons. The van der Waals surface area contributed by atoms with Gasteiger partial charge in [-0.05, 0) is 36.4 Å². The maximum Gasteiger partial charge on any atom is 0.234 e. The number of hydrogen-bond acceptors (Lipinski definition) is 6. The fourth-order valence-corrected chi connectivity index (χ4v) is 5.18. The molecule has 0 radical (unpaired) electrons. The molecule has 0 aliphatic heterocycles. The fraction of sp³-hybridized carbons (Fsp3) is 0.150.